The fraction of sp³-hybridized carbons (Fsp3) is 0.545. The molecule has 1 heterocycles. The Hall–Kier alpha value is -1.13. The lowest BCUT2D eigenvalue weighted by atomic mass is 10.1. The standard InChI is InChI=1S/C11H18NO3/c1-9(2)10-4-3-5-12(6-10)15-8-11(14)7-13/h3-6,9,11,13-14H,7-8H2,1-2H3/q+1. The average molecular weight is 212 g/mol. The van der Waals surface area contributed by atoms with Crippen molar-refractivity contribution >= 4 is 0 Å². The van der Waals surface area contributed by atoms with E-state index >= 15 is 0 Å². The maximum absolute atomic E-state index is 9.11. The summed E-state index contributed by atoms with van der Waals surface area (Å²) in [6.45, 7) is 4.00. The molecular formula is C11H18NO3+. The molecule has 4 nitrogen and oxygen atoms in total. The summed E-state index contributed by atoms with van der Waals surface area (Å²) in [5.74, 6) is 0.434. The molecular weight excluding hydrogens is 194 g/mol. The summed E-state index contributed by atoms with van der Waals surface area (Å²) in [5.41, 5.74) is 1.16. The van der Waals surface area contributed by atoms with Gasteiger partial charge in [-0.2, -0.15) is 0 Å². The quantitative estimate of drug-likeness (QED) is 0.669. The Bertz CT molecular complexity index is 302. The minimum Gasteiger partial charge on any atom is -0.394 e. The van der Waals surface area contributed by atoms with Crippen LogP contribution in [0.4, 0.5) is 0 Å². The summed E-state index contributed by atoms with van der Waals surface area (Å²) in [4.78, 5) is 5.26. The lowest BCUT2D eigenvalue weighted by Crippen LogP contribution is -2.46. The fourth-order valence-electron chi connectivity index (χ4n) is 1.12. The van der Waals surface area contributed by atoms with E-state index in [1.54, 1.807) is 10.9 Å². The second-order valence-corrected chi connectivity index (χ2v) is 3.78. The van der Waals surface area contributed by atoms with Gasteiger partial charge in [0, 0.05) is 16.4 Å². The number of hydrogen-bond donors (Lipinski definition) is 2. The van der Waals surface area contributed by atoms with E-state index in [0.29, 0.717) is 5.92 Å². The van der Waals surface area contributed by atoms with Crippen molar-refractivity contribution in [1.29, 1.82) is 0 Å². The SMILES string of the molecule is CC(C)c1ccc[n+](OCC(O)CO)c1. The van der Waals surface area contributed by atoms with Crippen LogP contribution in [0.15, 0.2) is 24.5 Å². The topological polar surface area (TPSA) is 53.6 Å². The Balaban J connectivity index is 2.58. The smallest absolute Gasteiger partial charge is 0.225 e. The summed E-state index contributed by atoms with van der Waals surface area (Å²) < 4.78 is 1.55. The van der Waals surface area contributed by atoms with E-state index in [4.69, 9.17) is 15.1 Å². The van der Waals surface area contributed by atoms with Gasteiger partial charge in [0.1, 0.15) is 6.10 Å². The van der Waals surface area contributed by atoms with Crippen molar-refractivity contribution in [3.63, 3.8) is 0 Å². The molecule has 0 aliphatic rings. The zero-order chi connectivity index (χ0) is 11.3. The first-order valence-electron chi connectivity index (χ1n) is 5.07. The van der Waals surface area contributed by atoms with Crippen LogP contribution in [-0.4, -0.2) is 29.5 Å². The van der Waals surface area contributed by atoms with Crippen LogP contribution in [0.5, 0.6) is 0 Å². The molecule has 84 valence electrons. The van der Waals surface area contributed by atoms with Crippen molar-refractivity contribution < 1.29 is 19.8 Å². The van der Waals surface area contributed by atoms with Crippen molar-refractivity contribution in [2.24, 2.45) is 0 Å². The number of aliphatic hydroxyl groups is 2. The van der Waals surface area contributed by atoms with Crippen LogP contribution < -0.4 is 9.57 Å². The highest BCUT2D eigenvalue weighted by molar-refractivity contribution is 5.09. The summed E-state index contributed by atoms with van der Waals surface area (Å²) in [6, 6.07) is 3.91. The summed E-state index contributed by atoms with van der Waals surface area (Å²) >= 11 is 0. The van der Waals surface area contributed by atoms with Gasteiger partial charge in [-0.15, -0.1) is 0 Å². The number of aromatic nitrogens is 1. The molecule has 0 saturated heterocycles. The highest BCUT2D eigenvalue weighted by atomic mass is 16.7. The minimum atomic E-state index is -0.833. The maximum Gasteiger partial charge on any atom is 0.225 e. The minimum absolute atomic E-state index is 0.0860. The van der Waals surface area contributed by atoms with Crippen molar-refractivity contribution in [3.05, 3.63) is 30.1 Å². The number of rotatable bonds is 5. The van der Waals surface area contributed by atoms with Gasteiger partial charge in [-0.25, -0.2) is 0 Å². The molecule has 0 radical (unpaired) electrons. The summed E-state index contributed by atoms with van der Waals surface area (Å²) in [5, 5.41) is 17.7. The normalized spacial score (nSPS) is 12.9. The molecule has 0 saturated carbocycles. The van der Waals surface area contributed by atoms with E-state index in [1.807, 2.05) is 18.3 Å². The zero-order valence-electron chi connectivity index (χ0n) is 9.13. The van der Waals surface area contributed by atoms with Crippen LogP contribution in [0.2, 0.25) is 0 Å². The Morgan fingerprint density at radius 2 is 2.20 bits per heavy atom. The molecule has 4 heteroatoms. The van der Waals surface area contributed by atoms with E-state index in [9.17, 15) is 0 Å². The summed E-state index contributed by atoms with van der Waals surface area (Å²) in [6.07, 6.45) is 2.80. The molecule has 0 spiro atoms. The zero-order valence-corrected chi connectivity index (χ0v) is 9.13. The molecule has 0 bridgehead atoms. The van der Waals surface area contributed by atoms with Crippen LogP contribution >= 0.6 is 0 Å². The molecule has 0 aliphatic heterocycles. The van der Waals surface area contributed by atoms with Crippen molar-refractivity contribution in [3.8, 4) is 0 Å². The first kappa shape index (κ1) is 11.9. The molecule has 1 rings (SSSR count). The van der Waals surface area contributed by atoms with Crippen LogP contribution in [0.25, 0.3) is 0 Å². The van der Waals surface area contributed by atoms with E-state index < -0.39 is 6.10 Å². The first-order valence-corrected chi connectivity index (χ1v) is 5.07. The molecule has 1 atom stereocenters. The Labute approximate surface area is 89.7 Å². The van der Waals surface area contributed by atoms with Crippen molar-refractivity contribution in [2.45, 2.75) is 25.9 Å². The Morgan fingerprint density at radius 1 is 1.47 bits per heavy atom. The van der Waals surface area contributed by atoms with Gasteiger partial charge >= 0.3 is 0 Å². The predicted octanol–water partition coefficient (Wildman–Crippen LogP) is -0.121. The van der Waals surface area contributed by atoms with Gasteiger partial charge < -0.3 is 10.2 Å². The van der Waals surface area contributed by atoms with Crippen LogP contribution in [0.3, 0.4) is 0 Å². The Kier molecular flexibility index (Phi) is 4.52. The van der Waals surface area contributed by atoms with Gasteiger partial charge in [0.05, 0.1) is 6.61 Å². The second-order valence-electron chi connectivity index (χ2n) is 3.78. The molecule has 1 aromatic rings. The highest BCUT2D eigenvalue weighted by Gasteiger charge is 2.10. The predicted molar refractivity (Wildman–Crippen MR) is 55.3 cm³/mol. The first-order chi connectivity index (χ1) is 7.13. The molecule has 0 aliphatic carbocycles. The molecule has 0 amide bonds. The molecule has 0 fully saturated rings. The monoisotopic (exact) mass is 212 g/mol. The lowest BCUT2D eigenvalue weighted by molar-refractivity contribution is -0.892. The number of aliphatic hydroxyl groups excluding tert-OH is 2. The second kappa shape index (κ2) is 5.68. The molecule has 2 N–H and O–H groups in total. The number of pyridine rings is 1. The maximum atomic E-state index is 9.11. The van der Waals surface area contributed by atoms with Gasteiger partial charge in [0.15, 0.2) is 6.61 Å². The lowest BCUT2D eigenvalue weighted by Gasteiger charge is -2.05. The number of nitrogens with zero attached hydrogens (tertiary/aromatic N) is 1. The van der Waals surface area contributed by atoms with Gasteiger partial charge in [-0.05, 0) is 12.0 Å². The molecule has 0 aromatic carbocycles. The van der Waals surface area contributed by atoms with Crippen LogP contribution in [0.1, 0.15) is 25.3 Å². The third-order valence-corrected chi connectivity index (χ3v) is 2.09. The largest absolute Gasteiger partial charge is 0.394 e. The third kappa shape index (κ3) is 3.85. The van der Waals surface area contributed by atoms with Gasteiger partial charge in [-0.1, -0.05) is 13.8 Å². The van der Waals surface area contributed by atoms with Gasteiger partial charge in [0.25, 0.3) is 0 Å². The fourth-order valence-corrected chi connectivity index (χ4v) is 1.12. The van der Waals surface area contributed by atoms with Crippen LogP contribution in [0, 0.1) is 0 Å². The van der Waals surface area contributed by atoms with Crippen molar-refractivity contribution in [1.82, 2.24) is 0 Å². The average Bonchev–Trinajstić information content (AvgIpc) is 2.26. The van der Waals surface area contributed by atoms with Gasteiger partial charge in [0.2, 0.25) is 12.4 Å². The van der Waals surface area contributed by atoms with E-state index in [0.717, 1.165) is 5.56 Å². The van der Waals surface area contributed by atoms with Crippen LogP contribution in [-0.2, 0) is 0 Å². The summed E-state index contributed by atoms with van der Waals surface area (Å²) in [7, 11) is 0. The van der Waals surface area contributed by atoms with E-state index in [1.165, 1.54) is 0 Å². The molecule has 1 unspecified atom stereocenters. The third-order valence-electron chi connectivity index (χ3n) is 2.09. The highest BCUT2D eigenvalue weighted by Crippen LogP contribution is 2.09. The van der Waals surface area contributed by atoms with Crippen molar-refractivity contribution in [2.75, 3.05) is 13.2 Å². The Morgan fingerprint density at radius 3 is 2.80 bits per heavy atom. The van der Waals surface area contributed by atoms with E-state index in [-0.39, 0.29) is 13.2 Å². The molecule has 1 aromatic heterocycles. The van der Waals surface area contributed by atoms with E-state index in [2.05, 4.69) is 13.8 Å². The number of hydrogen-bond acceptors (Lipinski definition) is 3. The van der Waals surface area contributed by atoms with Gasteiger partial charge in [-0.3, -0.25) is 4.84 Å². The molecule has 15 heavy (non-hydrogen) atoms.